The SMILES string of the molecule is CC(C)CC1C2CNC1CN2. The Kier molecular flexibility index (Phi) is 1.90. The smallest absolute Gasteiger partial charge is 0.0236 e. The van der Waals surface area contributed by atoms with E-state index in [4.69, 9.17) is 0 Å². The van der Waals surface area contributed by atoms with Crippen LogP contribution >= 0.6 is 0 Å². The number of piperazine rings is 1. The highest BCUT2D eigenvalue weighted by Crippen LogP contribution is 2.27. The van der Waals surface area contributed by atoms with Crippen LogP contribution in [0.15, 0.2) is 0 Å². The van der Waals surface area contributed by atoms with Gasteiger partial charge in [0.05, 0.1) is 0 Å². The highest BCUT2D eigenvalue weighted by molar-refractivity contribution is 5.02. The maximum absolute atomic E-state index is 3.55. The van der Waals surface area contributed by atoms with Crippen LogP contribution < -0.4 is 10.6 Å². The van der Waals surface area contributed by atoms with Crippen LogP contribution in [0.3, 0.4) is 0 Å². The Morgan fingerprint density at radius 1 is 1.18 bits per heavy atom. The van der Waals surface area contributed by atoms with Gasteiger partial charge in [0.1, 0.15) is 0 Å². The highest BCUT2D eigenvalue weighted by Gasteiger charge is 2.40. The van der Waals surface area contributed by atoms with Crippen LogP contribution in [0.4, 0.5) is 0 Å². The molecule has 2 heterocycles. The molecule has 2 rings (SSSR count). The Morgan fingerprint density at radius 3 is 2.09 bits per heavy atom. The Hall–Kier alpha value is -0.0800. The molecule has 0 aromatic carbocycles. The monoisotopic (exact) mass is 154 g/mol. The zero-order chi connectivity index (χ0) is 7.84. The maximum Gasteiger partial charge on any atom is 0.0236 e. The Balaban J connectivity index is 1.94. The molecule has 0 saturated carbocycles. The van der Waals surface area contributed by atoms with Crippen molar-refractivity contribution < 1.29 is 0 Å². The minimum absolute atomic E-state index is 0.780. The van der Waals surface area contributed by atoms with Gasteiger partial charge in [-0.25, -0.2) is 0 Å². The van der Waals surface area contributed by atoms with E-state index in [-0.39, 0.29) is 0 Å². The van der Waals surface area contributed by atoms with Gasteiger partial charge in [0, 0.05) is 25.2 Å². The lowest BCUT2D eigenvalue weighted by Gasteiger charge is -2.15. The first-order valence-corrected chi connectivity index (χ1v) is 4.74. The van der Waals surface area contributed by atoms with Crippen LogP contribution in [0, 0.1) is 11.8 Å². The van der Waals surface area contributed by atoms with Crippen LogP contribution in [0.25, 0.3) is 0 Å². The predicted molar refractivity (Wildman–Crippen MR) is 46.5 cm³/mol. The summed E-state index contributed by atoms with van der Waals surface area (Å²) in [5, 5.41) is 7.10. The minimum atomic E-state index is 0.780. The number of hydrogen-bond acceptors (Lipinski definition) is 2. The van der Waals surface area contributed by atoms with Gasteiger partial charge in [-0.2, -0.15) is 0 Å². The molecule has 2 bridgehead atoms. The van der Waals surface area contributed by atoms with Gasteiger partial charge >= 0.3 is 0 Å². The van der Waals surface area contributed by atoms with Gasteiger partial charge in [0.15, 0.2) is 0 Å². The lowest BCUT2D eigenvalue weighted by Crippen LogP contribution is -2.39. The third-order valence-corrected chi connectivity index (χ3v) is 2.98. The maximum atomic E-state index is 3.55. The van der Waals surface area contributed by atoms with Crippen LogP contribution in [0.2, 0.25) is 0 Å². The molecule has 11 heavy (non-hydrogen) atoms. The molecule has 64 valence electrons. The first kappa shape index (κ1) is 7.56. The van der Waals surface area contributed by atoms with E-state index >= 15 is 0 Å². The second-order valence-corrected chi connectivity index (χ2v) is 4.32. The largest absolute Gasteiger partial charge is 0.311 e. The summed E-state index contributed by atoms with van der Waals surface area (Å²) in [4.78, 5) is 0. The Bertz CT molecular complexity index is 124. The molecular formula is C9H18N2. The zero-order valence-electron chi connectivity index (χ0n) is 7.43. The Labute approximate surface area is 68.7 Å². The summed E-state index contributed by atoms with van der Waals surface area (Å²) in [6.45, 7) is 7.03. The second-order valence-electron chi connectivity index (χ2n) is 4.32. The standard InChI is InChI=1S/C9H18N2/c1-6(2)3-7-8-4-10-9(7)5-11-8/h6-11H,3-5H2,1-2H3. The third-order valence-electron chi connectivity index (χ3n) is 2.98. The lowest BCUT2D eigenvalue weighted by molar-refractivity contribution is 0.395. The van der Waals surface area contributed by atoms with Gasteiger partial charge in [-0.3, -0.25) is 0 Å². The topological polar surface area (TPSA) is 24.1 Å². The molecular weight excluding hydrogens is 136 g/mol. The van der Waals surface area contributed by atoms with Crippen LogP contribution in [0.5, 0.6) is 0 Å². The number of fused-ring (bicyclic) bond motifs is 2. The minimum Gasteiger partial charge on any atom is -0.311 e. The van der Waals surface area contributed by atoms with E-state index in [0.717, 1.165) is 23.9 Å². The average molecular weight is 154 g/mol. The first-order valence-electron chi connectivity index (χ1n) is 4.74. The van der Waals surface area contributed by atoms with Crippen molar-refractivity contribution in [2.75, 3.05) is 13.1 Å². The molecule has 0 spiro atoms. The quantitative estimate of drug-likeness (QED) is 0.608. The van der Waals surface area contributed by atoms with Crippen molar-refractivity contribution in [2.24, 2.45) is 11.8 Å². The van der Waals surface area contributed by atoms with Crippen molar-refractivity contribution >= 4 is 0 Å². The van der Waals surface area contributed by atoms with Gasteiger partial charge in [-0.05, 0) is 18.3 Å². The number of nitrogens with one attached hydrogen (secondary N) is 2. The number of hydrogen-bond donors (Lipinski definition) is 2. The fourth-order valence-corrected chi connectivity index (χ4v) is 2.46. The second kappa shape index (κ2) is 2.76. The molecule has 2 saturated heterocycles. The van der Waals surface area contributed by atoms with Crippen molar-refractivity contribution in [1.82, 2.24) is 10.6 Å². The van der Waals surface area contributed by atoms with Crippen molar-refractivity contribution in [3.8, 4) is 0 Å². The van der Waals surface area contributed by atoms with Crippen LogP contribution in [-0.4, -0.2) is 25.2 Å². The summed E-state index contributed by atoms with van der Waals surface area (Å²) in [6.07, 6.45) is 1.38. The van der Waals surface area contributed by atoms with E-state index in [1.165, 1.54) is 19.5 Å². The summed E-state index contributed by atoms with van der Waals surface area (Å²) in [6, 6.07) is 1.56. The van der Waals surface area contributed by atoms with E-state index in [0.29, 0.717) is 0 Å². The highest BCUT2D eigenvalue weighted by atomic mass is 15.2. The fourth-order valence-electron chi connectivity index (χ4n) is 2.46. The molecule has 0 radical (unpaired) electrons. The molecule has 2 nitrogen and oxygen atoms in total. The molecule has 2 aliphatic heterocycles. The molecule has 2 atom stereocenters. The van der Waals surface area contributed by atoms with E-state index < -0.39 is 0 Å². The van der Waals surface area contributed by atoms with E-state index in [9.17, 15) is 0 Å². The zero-order valence-corrected chi connectivity index (χ0v) is 7.43. The molecule has 2 unspecified atom stereocenters. The molecule has 2 aliphatic rings. The van der Waals surface area contributed by atoms with Crippen molar-refractivity contribution in [2.45, 2.75) is 32.4 Å². The summed E-state index contributed by atoms with van der Waals surface area (Å²) in [7, 11) is 0. The predicted octanol–water partition coefficient (Wildman–Crippen LogP) is 0.592. The van der Waals surface area contributed by atoms with Crippen LogP contribution in [0.1, 0.15) is 20.3 Å². The summed E-state index contributed by atoms with van der Waals surface area (Å²) >= 11 is 0. The fraction of sp³-hybridized carbons (Fsp3) is 1.00. The number of rotatable bonds is 2. The summed E-state index contributed by atoms with van der Waals surface area (Å²) in [5.41, 5.74) is 0. The van der Waals surface area contributed by atoms with Crippen LogP contribution in [-0.2, 0) is 0 Å². The summed E-state index contributed by atoms with van der Waals surface area (Å²) < 4.78 is 0. The van der Waals surface area contributed by atoms with E-state index in [2.05, 4.69) is 24.5 Å². The molecule has 0 amide bonds. The van der Waals surface area contributed by atoms with Gasteiger partial charge in [-0.15, -0.1) is 0 Å². The normalized spacial score (nSPS) is 42.3. The Morgan fingerprint density at radius 2 is 1.73 bits per heavy atom. The lowest BCUT2D eigenvalue weighted by atomic mass is 9.91. The van der Waals surface area contributed by atoms with Gasteiger partial charge in [-0.1, -0.05) is 13.8 Å². The molecule has 2 fully saturated rings. The van der Waals surface area contributed by atoms with Crippen molar-refractivity contribution in [3.63, 3.8) is 0 Å². The molecule has 2 N–H and O–H groups in total. The van der Waals surface area contributed by atoms with Crippen molar-refractivity contribution in [1.29, 1.82) is 0 Å². The molecule has 0 aromatic rings. The molecule has 2 heteroatoms. The summed E-state index contributed by atoms with van der Waals surface area (Å²) in [5.74, 6) is 1.76. The third kappa shape index (κ3) is 1.30. The average Bonchev–Trinajstić information content (AvgIpc) is 2.48. The van der Waals surface area contributed by atoms with Gasteiger partial charge < -0.3 is 10.6 Å². The van der Waals surface area contributed by atoms with E-state index in [1.807, 2.05) is 0 Å². The van der Waals surface area contributed by atoms with Crippen molar-refractivity contribution in [3.05, 3.63) is 0 Å². The van der Waals surface area contributed by atoms with Gasteiger partial charge in [0.2, 0.25) is 0 Å². The van der Waals surface area contributed by atoms with Gasteiger partial charge in [0.25, 0.3) is 0 Å². The molecule has 0 aromatic heterocycles. The molecule has 0 aliphatic carbocycles. The van der Waals surface area contributed by atoms with E-state index in [1.54, 1.807) is 0 Å². The first-order chi connectivity index (χ1) is 5.27.